The Balaban J connectivity index is 1.51. The number of hydrogen-bond acceptors (Lipinski definition) is 6. The number of hydrogen-bond donors (Lipinski definition) is 1. The molecule has 1 aliphatic heterocycles. The Morgan fingerprint density at radius 2 is 1.89 bits per heavy atom. The third-order valence-electron chi connectivity index (χ3n) is 5.86. The second-order valence-corrected chi connectivity index (χ2v) is 9.93. The van der Waals surface area contributed by atoms with Crippen molar-refractivity contribution in [1.29, 1.82) is 0 Å². The molecule has 7 nitrogen and oxygen atoms in total. The zero-order valence-electron chi connectivity index (χ0n) is 20.1. The Morgan fingerprint density at radius 1 is 1.11 bits per heavy atom. The fourth-order valence-corrected chi connectivity index (χ4v) is 5.13. The second-order valence-electron chi connectivity index (χ2n) is 8.33. The smallest absolute Gasteiger partial charge is 0.234 e. The molecule has 1 atom stereocenters. The zero-order valence-corrected chi connectivity index (χ0v) is 20.9. The third-order valence-corrected chi connectivity index (χ3v) is 7.04. The number of nitrogens with one attached hydrogen (secondary N) is 1. The first-order valence-corrected chi connectivity index (χ1v) is 13.3. The van der Waals surface area contributed by atoms with Crippen LogP contribution >= 0.6 is 0 Å². The van der Waals surface area contributed by atoms with Gasteiger partial charge < -0.3 is 14.4 Å². The Hall–Kier alpha value is -3.20. The van der Waals surface area contributed by atoms with Crippen LogP contribution in [0.2, 0.25) is 0 Å². The van der Waals surface area contributed by atoms with Gasteiger partial charge in [-0.2, -0.15) is 0 Å². The van der Waals surface area contributed by atoms with E-state index in [4.69, 9.17) is 9.47 Å². The second kappa shape index (κ2) is 11.5. The van der Waals surface area contributed by atoms with Crippen LogP contribution in [0.5, 0.6) is 11.6 Å². The lowest BCUT2D eigenvalue weighted by Gasteiger charge is -2.29. The molecule has 0 bridgehead atoms. The molecule has 184 valence electrons. The molecule has 0 amide bonds. The van der Waals surface area contributed by atoms with E-state index in [1.54, 1.807) is 12.3 Å². The van der Waals surface area contributed by atoms with E-state index in [0.29, 0.717) is 31.3 Å². The SMILES string of the molecule is CCc1c(C(C)NS(=O)(=O)/C=C/c2ccccc2)ccnc1Oc1cccc(N2CCOCC2)c1. The Labute approximate surface area is 207 Å². The maximum atomic E-state index is 12.7. The molecular weight excluding hydrogens is 462 g/mol. The maximum Gasteiger partial charge on any atom is 0.234 e. The summed E-state index contributed by atoms with van der Waals surface area (Å²) in [6.07, 6.45) is 3.88. The molecule has 0 spiro atoms. The van der Waals surface area contributed by atoms with E-state index in [1.165, 1.54) is 5.41 Å². The fourth-order valence-electron chi connectivity index (χ4n) is 4.09. The van der Waals surface area contributed by atoms with Crippen molar-refractivity contribution in [1.82, 2.24) is 9.71 Å². The van der Waals surface area contributed by atoms with Crippen molar-refractivity contribution in [2.75, 3.05) is 31.2 Å². The van der Waals surface area contributed by atoms with Crippen LogP contribution in [0.15, 0.2) is 72.3 Å². The number of sulfonamides is 1. The van der Waals surface area contributed by atoms with Crippen molar-refractivity contribution in [2.24, 2.45) is 0 Å². The van der Waals surface area contributed by atoms with E-state index in [9.17, 15) is 8.42 Å². The van der Waals surface area contributed by atoms with Gasteiger partial charge in [0.1, 0.15) is 5.75 Å². The van der Waals surface area contributed by atoms with Crippen LogP contribution in [0.1, 0.15) is 36.6 Å². The van der Waals surface area contributed by atoms with E-state index in [-0.39, 0.29) is 0 Å². The minimum absolute atomic E-state index is 0.458. The fraction of sp³-hybridized carbons (Fsp3) is 0.296. The quantitative estimate of drug-likeness (QED) is 0.456. The summed E-state index contributed by atoms with van der Waals surface area (Å²) in [7, 11) is -3.65. The van der Waals surface area contributed by atoms with Crippen molar-refractivity contribution >= 4 is 21.8 Å². The van der Waals surface area contributed by atoms with E-state index >= 15 is 0 Å². The van der Waals surface area contributed by atoms with Gasteiger partial charge in [0.15, 0.2) is 0 Å². The highest BCUT2D eigenvalue weighted by Crippen LogP contribution is 2.31. The summed E-state index contributed by atoms with van der Waals surface area (Å²) in [4.78, 5) is 6.72. The molecular formula is C27H31N3O4S. The first-order chi connectivity index (χ1) is 16.9. The average molecular weight is 494 g/mol. The van der Waals surface area contributed by atoms with Crippen molar-refractivity contribution in [2.45, 2.75) is 26.3 Å². The van der Waals surface area contributed by atoms with Gasteiger partial charge in [-0.3, -0.25) is 0 Å². The van der Waals surface area contributed by atoms with Gasteiger partial charge in [0.25, 0.3) is 0 Å². The standard InChI is InChI=1S/C27H31N3O4S/c1-3-25-26(21(2)29-35(31,32)19-13-22-8-5-4-6-9-22)12-14-28-27(25)34-24-11-7-10-23(20-24)30-15-17-33-18-16-30/h4-14,19-21,29H,3,15-18H2,1-2H3/b19-13+. The van der Waals surface area contributed by atoms with Crippen LogP contribution in [0.25, 0.3) is 6.08 Å². The van der Waals surface area contributed by atoms with Crippen LogP contribution in [-0.2, 0) is 21.2 Å². The topological polar surface area (TPSA) is 80.8 Å². The highest BCUT2D eigenvalue weighted by molar-refractivity contribution is 7.92. The monoisotopic (exact) mass is 493 g/mol. The number of aromatic nitrogens is 1. The van der Waals surface area contributed by atoms with E-state index < -0.39 is 16.1 Å². The lowest BCUT2D eigenvalue weighted by molar-refractivity contribution is 0.122. The van der Waals surface area contributed by atoms with Gasteiger partial charge in [-0.15, -0.1) is 0 Å². The summed E-state index contributed by atoms with van der Waals surface area (Å²) < 4.78 is 39.8. The molecule has 8 heteroatoms. The molecule has 0 saturated carbocycles. The summed E-state index contributed by atoms with van der Waals surface area (Å²) >= 11 is 0. The van der Waals surface area contributed by atoms with Crippen LogP contribution in [0.3, 0.4) is 0 Å². The summed E-state index contributed by atoms with van der Waals surface area (Å²) in [5.74, 6) is 1.17. The number of ether oxygens (including phenoxy) is 2. The van der Waals surface area contributed by atoms with Gasteiger partial charge in [0.05, 0.1) is 13.2 Å². The summed E-state index contributed by atoms with van der Waals surface area (Å²) in [6, 6.07) is 18.6. The van der Waals surface area contributed by atoms with Crippen LogP contribution in [0, 0.1) is 0 Å². The highest BCUT2D eigenvalue weighted by atomic mass is 32.2. The highest BCUT2D eigenvalue weighted by Gasteiger charge is 2.19. The lowest BCUT2D eigenvalue weighted by atomic mass is 10.0. The van der Waals surface area contributed by atoms with Gasteiger partial charge in [-0.25, -0.2) is 18.1 Å². The van der Waals surface area contributed by atoms with Crippen LogP contribution in [0.4, 0.5) is 5.69 Å². The molecule has 2 aromatic carbocycles. The lowest BCUT2D eigenvalue weighted by Crippen LogP contribution is -2.36. The Bertz CT molecular complexity index is 1260. The third kappa shape index (κ3) is 6.69. The maximum absolute atomic E-state index is 12.7. The molecule has 35 heavy (non-hydrogen) atoms. The molecule has 2 heterocycles. The van der Waals surface area contributed by atoms with Crippen molar-refractivity contribution < 1.29 is 17.9 Å². The van der Waals surface area contributed by atoms with E-state index in [0.717, 1.165) is 35.5 Å². The average Bonchev–Trinajstić information content (AvgIpc) is 2.88. The predicted octanol–water partition coefficient (Wildman–Crippen LogP) is 4.92. The Morgan fingerprint density at radius 3 is 2.63 bits per heavy atom. The molecule has 1 aromatic heterocycles. The number of rotatable bonds is 9. The summed E-state index contributed by atoms with van der Waals surface area (Å²) in [5.41, 5.74) is 3.59. The molecule has 0 aliphatic carbocycles. The van der Waals surface area contributed by atoms with E-state index in [2.05, 4.69) is 20.7 Å². The molecule has 1 N–H and O–H groups in total. The number of benzene rings is 2. The number of morpholine rings is 1. The molecule has 1 aliphatic rings. The minimum atomic E-state index is -3.65. The van der Waals surface area contributed by atoms with Gasteiger partial charge in [-0.1, -0.05) is 43.3 Å². The Kier molecular flexibility index (Phi) is 8.17. The zero-order chi connectivity index (χ0) is 24.7. The number of nitrogens with zero attached hydrogens (tertiary/aromatic N) is 2. The van der Waals surface area contributed by atoms with E-state index in [1.807, 2.05) is 68.4 Å². The predicted molar refractivity (Wildman–Crippen MR) is 139 cm³/mol. The number of pyridine rings is 1. The molecule has 3 aromatic rings. The molecule has 1 saturated heterocycles. The summed E-state index contributed by atoms with van der Waals surface area (Å²) in [6.45, 7) is 6.94. The minimum Gasteiger partial charge on any atom is -0.439 e. The van der Waals surface area contributed by atoms with Gasteiger partial charge in [0, 0.05) is 48.1 Å². The largest absolute Gasteiger partial charge is 0.439 e. The van der Waals surface area contributed by atoms with Gasteiger partial charge in [-0.05, 0) is 48.7 Å². The first kappa shape index (κ1) is 24.9. The van der Waals surface area contributed by atoms with Gasteiger partial charge in [0.2, 0.25) is 15.9 Å². The molecule has 1 unspecified atom stereocenters. The van der Waals surface area contributed by atoms with Crippen molar-refractivity contribution in [3.63, 3.8) is 0 Å². The van der Waals surface area contributed by atoms with Crippen LogP contribution in [-0.4, -0.2) is 39.7 Å². The number of anilines is 1. The molecule has 1 fully saturated rings. The molecule has 0 radical (unpaired) electrons. The van der Waals surface area contributed by atoms with Gasteiger partial charge >= 0.3 is 0 Å². The normalized spacial score (nSPS) is 15.3. The summed E-state index contributed by atoms with van der Waals surface area (Å²) in [5, 5.41) is 1.19. The van der Waals surface area contributed by atoms with Crippen LogP contribution < -0.4 is 14.4 Å². The molecule has 4 rings (SSSR count). The van der Waals surface area contributed by atoms with Crippen molar-refractivity contribution in [3.05, 3.63) is 89.0 Å². The first-order valence-electron chi connectivity index (χ1n) is 11.8. The van der Waals surface area contributed by atoms with Crippen molar-refractivity contribution in [3.8, 4) is 11.6 Å².